The average Bonchev–Trinajstić information content (AvgIpc) is 3.76. The zero-order valence-electron chi connectivity index (χ0n) is 27.5. The Morgan fingerprint density at radius 2 is 0.980 bits per heavy atom. The van der Waals surface area contributed by atoms with E-state index in [0.29, 0.717) is 0 Å². The third-order valence-corrected chi connectivity index (χ3v) is 12.8. The molecule has 0 aliphatic carbocycles. The van der Waals surface area contributed by atoms with E-state index in [1.807, 2.05) is 22.7 Å². The van der Waals surface area contributed by atoms with Gasteiger partial charge in [0.15, 0.2) is 0 Å². The van der Waals surface area contributed by atoms with Crippen LogP contribution in [0.1, 0.15) is 0 Å². The van der Waals surface area contributed by atoms with Crippen LogP contribution in [0.25, 0.3) is 83.8 Å². The minimum absolute atomic E-state index is 1.14. The molecular formula is C48H29NS2. The number of anilines is 3. The molecule has 0 saturated carbocycles. The molecular weight excluding hydrogens is 655 g/mol. The Kier molecular flexibility index (Phi) is 6.36. The molecule has 0 radical (unpaired) electrons. The summed E-state index contributed by atoms with van der Waals surface area (Å²) in [4.78, 5) is 2.41. The number of para-hydroxylation sites is 1. The van der Waals surface area contributed by atoms with E-state index in [2.05, 4.69) is 181 Å². The van der Waals surface area contributed by atoms with E-state index in [0.717, 1.165) is 17.1 Å². The molecule has 2 aromatic heterocycles. The molecule has 9 aromatic carbocycles. The Balaban J connectivity index is 1.10. The summed E-state index contributed by atoms with van der Waals surface area (Å²) < 4.78 is 5.27. The molecule has 0 saturated heterocycles. The highest BCUT2D eigenvalue weighted by Crippen LogP contribution is 2.46. The van der Waals surface area contributed by atoms with Crippen molar-refractivity contribution in [3.63, 3.8) is 0 Å². The van der Waals surface area contributed by atoms with Crippen molar-refractivity contribution in [1.29, 1.82) is 0 Å². The number of hydrogen-bond donors (Lipinski definition) is 0. The van der Waals surface area contributed by atoms with E-state index >= 15 is 0 Å². The molecule has 2 heterocycles. The van der Waals surface area contributed by atoms with Crippen molar-refractivity contribution in [2.45, 2.75) is 0 Å². The fourth-order valence-electron chi connectivity index (χ4n) is 8.03. The van der Waals surface area contributed by atoms with E-state index in [4.69, 9.17) is 0 Å². The monoisotopic (exact) mass is 683 g/mol. The summed E-state index contributed by atoms with van der Waals surface area (Å²) in [6.45, 7) is 0. The smallest absolute Gasteiger partial charge is 0.0468 e. The van der Waals surface area contributed by atoms with E-state index in [1.54, 1.807) is 0 Å². The Labute approximate surface area is 302 Å². The fraction of sp³-hybridized carbons (Fsp3) is 0. The third kappa shape index (κ3) is 4.52. The average molecular weight is 684 g/mol. The van der Waals surface area contributed by atoms with Gasteiger partial charge in [0, 0.05) is 57.4 Å². The molecule has 0 aliphatic rings. The second kappa shape index (κ2) is 11.3. The highest BCUT2D eigenvalue weighted by Gasteiger charge is 2.18. The number of fused-ring (bicyclic) bond motifs is 11. The van der Waals surface area contributed by atoms with Crippen LogP contribution in [0, 0.1) is 0 Å². The van der Waals surface area contributed by atoms with Crippen LogP contribution in [-0.2, 0) is 0 Å². The lowest BCUT2D eigenvalue weighted by atomic mass is 9.95. The van der Waals surface area contributed by atoms with Crippen LogP contribution in [0.15, 0.2) is 176 Å². The molecule has 238 valence electrons. The normalized spacial score (nSPS) is 11.9. The summed E-state index contributed by atoms with van der Waals surface area (Å²) in [6, 6.07) is 64.9. The molecule has 0 bridgehead atoms. The SMILES string of the molecule is c1ccc(N(c2ccc3sc4c5ccccc5ccc4c3c2)c2ccc3sc4cccc(-c5ccc6c(ccc7ccccc76)c5)c4c3c2)cc1. The van der Waals surface area contributed by atoms with Gasteiger partial charge < -0.3 is 4.90 Å². The standard InChI is InChI=1S/C48H29NS2/c1-2-11-34(12-3-1)49(35-21-25-44-42(28-35)41-24-19-31-10-5-7-14-40(31)48(41)51-44)36-22-26-45-43(29-36)47-39(15-8-16-46(47)50-45)33-20-23-38-32(27-33)18-17-30-9-4-6-13-37(30)38/h1-29H. The molecule has 0 fully saturated rings. The zero-order chi connectivity index (χ0) is 33.5. The first-order valence-corrected chi connectivity index (χ1v) is 19.0. The predicted molar refractivity (Wildman–Crippen MR) is 225 cm³/mol. The van der Waals surface area contributed by atoms with Gasteiger partial charge in [0.25, 0.3) is 0 Å². The van der Waals surface area contributed by atoms with Gasteiger partial charge in [-0.3, -0.25) is 0 Å². The molecule has 0 N–H and O–H groups in total. The third-order valence-electron chi connectivity index (χ3n) is 10.4. The van der Waals surface area contributed by atoms with Gasteiger partial charge in [-0.2, -0.15) is 0 Å². The summed E-state index contributed by atoms with van der Waals surface area (Å²) in [6.07, 6.45) is 0. The predicted octanol–water partition coefficient (Wildman–Crippen LogP) is 15.0. The number of benzene rings is 9. The van der Waals surface area contributed by atoms with Crippen LogP contribution < -0.4 is 4.90 Å². The second-order valence-corrected chi connectivity index (χ2v) is 15.4. The van der Waals surface area contributed by atoms with Crippen molar-refractivity contribution in [1.82, 2.24) is 0 Å². The number of thiophene rings is 2. The summed E-state index contributed by atoms with van der Waals surface area (Å²) >= 11 is 3.77. The maximum absolute atomic E-state index is 2.41. The van der Waals surface area contributed by atoms with E-state index < -0.39 is 0 Å². The van der Waals surface area contributed by atoms with Gasteiger partial charge in [-0.05, 0) is 104 Å². The minimum Gasteiger partial charge on any atom is -0.310 e. The lowest BCUT2D eigenvalue weighted by Gasteiger charge is -2.25. The quantitative estimate of drug-likeness (QED) is 0.167. The first kappa shape index (κ1) is 28.8. The van der Waals surface area contributed by atoms with Crippen molar-refractivity contribution >= 4 is 112 Å². The van der Waals surface area contributed by atoms with Crippen molar-refractivity contribution in [2.75, 3.05) is 4.90 Å². The van der Waals surface area contributed by atoms with E-state index in [1.165, 1.54) is 83.8 Å². The molecule has 11 rings (SSSR count). The molecule has 11 aromatic rings. The van der Waals surface area contributed by atoms with Gasteiger partial charge in [0.05, 0.1) is 0 Å². The van der Waals surface area contributed by atoms with Crippen LogP contribution in [0.3, 0.4) is 0 Å². The zero-order valence-corrected chi connectivity index (χ0v) is 29.1. The lowest BCUT2D eigenvalue weighted by Crippen LogP contribution is -2.09. The second-order valence-electron chi connectivity index (χ2n) is 13.3. The fourth-order valence-corrected chi connectivity index (χ4v) is 10.4. The number of nitrogens with zero attached hydrogens (tertiary/aromatic N) is 1. The molecule has 0 aliphatic heterocycles. The Morgan fingerprint density at radius 1 is 0.333 bits per heavy atom. The van der Waals surface area contributed by atoms with E-state index in [9.17, 15) is 0 Å². The van der Waals surface area contributed by atoms with Gasteiger partial charge in [-0.15, -0.1) is 22.7 Å². The molecule has 0 amide bonds. The van der Waals surface area contributed by atoms with Gasteiger partial charge in [-0.1, -0.05) is 115 Å². The Hall–Kier alpha value is -6.00. The molecule has 0 atom stereocenters. The highest BCUT2D eigenvalue weighted by molar-refractivity contribution is 7.26. The maximum Gasteiger partial charge on any atom is 0.0468 e. The van der Waals surface area contributed by atoms with Gasteiger partial charge in [-0.25, -0.2) is 0 Å². The highest BCUT2D eigenvalue weighted by atomic mass is 32.1. The first-order valence-electron chi connectivity index (χ1n) is 17.3. The van der Waals surface area contributed by atoms with Crippen molar-refractivity contribution in [3.05, 3.63) is 176 Å². The van der Waals surface area contributed by atoms with Crippen LogP contribution in [0.2, 0.25) is 0 Å². The minimum atomic E-state index is 1.14. The van der Waals surface area contributed by atoms with Gasteiger partial charge in [0.1, 0.15) is 0 Å². The Morgan fingerprint density at radius 3 is 1.82 bits per heavy atom. The van der Waals surface area contributed by atoms with Gasteiger partial charge >= 0.3 is 0 Å². The maximum atomic E-state index is 2.41. The van der Waals surface area contributed by atoms with Crippen molar-refractivity contribution < 1.29 is 0 Å². The number of hydrogen-bond acceptors (Lipinski definition) is 3. The topological polar surface area (TPSA) is 3.24 Å². The summed E-state index contributed by atoms with van der Waals surface area (Å²) in [5.41, 5.74) is 5.97. The summed E-state index contributed by atoms with van der Waals surface area (Å²) in [7, 11) is 0. The first-order chi connectivity index (χ1) is 25.3. The Bertz CT molecular complexity index is 3150. The molecule has 0 spiro atoms. The lowest BCUT2D eigenvalue weighted by molar-refractivity contribution is 1.30. The molecule has 51 heavy (non-hydrogen) atoms. The summed E-state index contributed by atoms with van der Waals surface area (Å²) in [5.74, 6) is 0. The van der Waals surface area contributed by atoms with Crippen LogP contribution >= 0.6 is 22.7 Å². The molecule has 0 unspecified atom stereocenters. The number of rotatable bonds is 4. The van der Waals surface area contributed by atoms with Crippen molar-refractivity contribution in [3.8, 4) is 11.1 Å². The van der Waals surface area contributed by atoms with Crippen LogP contribution in [-0.4, -0.2) is 0 Å². The largest absolute Gasteiger partial charge is 0.310 e. The van der Waals surface area contributed by atoms with E-state index in [-0.39, 0.29) is 0 Å². The van der Waals surface area contributed by atoms with Gasteiger partial charge in [0.2, 0.25) is 0 Å². The molecule has 3 heteroatoms. The summed E-state index contributed by atoms with van der Waals surface area (Å²) in [5, 5.41) is 13.0. The van der Waals surface area contributed by atoms with Crippen molar-refractivity contribution in [2.24, 2.45) is 0 Å². The van der Waals surface area contributed by atoms with Crippen LogP contribution in [0.4, 0.5) is 17.1 Å². The molecule has 1 nitrogen and oxygen atoms in total. The van der Waals surface area contributed by atoms with Crippen LogP contribution in [0.5, 0.6) is 0 Å².